The zero-order chi connectivity index (χ0) is 12.6. The zero-order valence-corrected chi connectivity index (χ0v) is 10.9. The number of likely N-dealkylation sites (N-methyl/N-ethyl adjacent to an activating group) is 1. The molecule has 2 amide bonds. The Kier molecular flexibility index (Phi) is 3.15. The number of carbonyl (C=O) groups is 2. The molecule has 0 bridgehead atoms. The summed E-state index contributed by atoms with van der Waals surface area (Å²) in [7, 11) is 0. The maximum atomic E-state index is 11.9. The molecule has 6 heteroatoms. The van der Waals surface area contributed by atoms with E-state index in [9.17, 15) is 9.59 Å². The number of nitrogens with zero attached hydrogens (tertiary/aromatic N) is 2. The van der Waals surface area contributed by atoms with Crippen LogP contribution in [0.2, 0.25) is 0 Å². The van der Waals surface area contributed by atoms with Crippen molar-refractivity contribution < 1.29 is 9.59 Å². The van der Waals surface area contributed by atoms with Crippen LogP contribution in [0.3, 0.4) is 0 Å². The van der Waals surface area contributed by atoms with Gasteiger partial charge in [-0.15, -0.1) is 11.3 Å². The summed E-state index contributed by atoms with van der Waals surface area (Å²) in [6.45, 7) is 6.15. The molecule has 1 N–H and O–H groups in total. The van der Waals surface area contributed by atoms with E-state index in [1.54, 1.807) is 6.92 Å². The third-order valence-electron chi connectivity index (χ3n) is 2.89. The van der Waals surface area contributed by atoms with Crippen LogP contribution in [-0.4, -0.2) is 34.3 Å². The fourth-order valence-electron chi connectivity index (χ4n) is 1.81. The molecular weight excluding hydrogens is 238 g/mol. The van der Waals surface area contributed by atoms with Crippen LogP contribution >= 0.6 is 11.3 Å². The number of aromatic nitrogens is 1. The van der Waals surface area contributed by atoms with E-state index in [4.69, 9.17) is 0 Å². The SMILES string of the molecule is CCN1C(=O)CC(Nc2nc(C)c(C)s2)C1=O. The largest absolute Gasteiger partial charge is 0.349 e. The molecule has 1 aromatic heterocycles. The number of thiazole rings is 1. The predicted molar refractivity (Wildman–Crippen MR) is 66.0 cm³/mol. The number of imide groups is 1. The number of hydrogen-bond donors (Lipinski definition) is 1. The lowest BCUT2D eigenvalue weighted by atomic mass is 10.2. The molecule has 2 heterocycles. The van der Waals surface area contributed by atoms with Crippen LogP contribution in [0.1, 0.15) is 23.9 Å². The van der Waals surface area contributed by atoms with Crippen LogP contribution in [0.5, 0.6) is 0 Å². The van der Waals surface area contributed by atoms with E-state index in [1.807, 2.05) is 13.8 Å². The maximum absolute atomic E-state index is 11.9. The zero-order valence-electron chi connectivity index (χ0n) is 10.1. The molecule has 1 atom stereocenters. The van der Waals surface area contributed by atoms with Crippen molar-refractivity contribution in [3.8, 4) is 0 Å². The van der Waals surface area contributed by atoms with E-state index < -0.39 is 6.04 Å². The van der Waals surface area contributed by atoms with Gasteiger partial charge in [-0.1, -0.05) is 0 Å². The first-order valence-electron chi connectivity index (χ1n) is 5.57. The Hall–Kier alpha value is -1.43. The number of anilines is 1. The molecule has 1 aliphatic rings. The smallest absolute Gasteiger partial charge is 0.252 e. The first-order valence-corrected chi connectivity index (χ1v) is 6.39. The Morgan fingerprint density at radius 2 is 2.18 bits per heavy atom. The molecule has 1 fully saturated rings. The molecule has 1 saturated heterocycles. The molecule has 0 saturated carbocycles. The Labute approximate surface area is 104 Å². The Balaban J connectivity index is 2.10. The number of carbonyl (C=O) groups excluding carboxylic acids is 2. The molecule has 0 aromatic carbocycles. The lowest BCUT2D eigenvalue weighted by Crippen LogP contribution is -2.34. The first kappa shape index (κ1) is 12.0. The monoisotopic (exact) mass is 253 g/mol. The molecular formula is C11H15N3O2S. The van der Waals surface area contributed by atoms with E-state index in [0.29, 0.717) is 11.7 Å². The normalized spacial score (nSPS) is 20.2. The van der Waals surface area contributed by atoms with Crippen LogP contribution in [0, 0.1) is 13.8 Å². The highest BCUT2D eigenvalue weighted by molar-refractivity contribution is 7.15. The fourth-order valence-corrected chi connectivity index (χ4v) is 2.68. The predicted octanol–water partition coefficient (Wildman–Crippen LogP) is 1.32. The summed E-state index contributed by atoms with van der Waals surface area (Å²) < 4.78 is 0. The average Bonchev–Trinajstić information content (AvgIpc) is 2.70. The van der Waals surface area contributed by atoms with Gasteiger partial charge in [0.1, 0.15) is 6.04 Å². The van der Waals surface area contributed by atoms with Crippen molar-refractivity contribution in [2.24, 2.45) is 0 Å². The molecule has 0 spiro atoms. The minimum absolute atomic E-state index is 0.111. The van der Waals surface area contributed by atoms with E-state index in [0.717, 1.165) is 10.6 Å². The molecule has 1 aliphatic heterocycles. The number of aryl methyl sites for hydroxylation is 2. The lowest BCUT2D eigenvalue weighted by molar-refractivity contribution is -0.138. The highest BCUT2D eigenvalue weighted by Gasteiger charge is 2.37. The van der Waals surface area contributed by atoms with Crippen molar-refractivity contribution in [1.82, 2.24) is 9.88 Å². The van der Waals surface area contributed by atoms with Crippen molar-refractivity contribution in [2.45, 2.75) is 33.2 Å². The minimum atomic E-state index is -0.451. The summed E-state index contributed by atoms with van der Waals surface area (Å²) in [5.74, 6) is -0.261. The van der Waals surface area contributed by atoms with Gasteiger partial charge in [0.05, 0.1) is 12.1 Å². The van der Waals surface area contributed by atoms with Crippen LogP contribution in [0.4, 0.5) is 5.13 Å². The van der Waals surface area contributed by atoms with Gasteiger partial charge in [-0.3, -0.25) is 14.5 Å². The molecule has 0 aliphatic carbocycles. The maximum Gasteiger partial charge on any atom is 0.252 e. The highest BCUT2D eigenvalue weighted by atomic mass is 32.1. The summed E-state index contributed by atoms with van der Waals surface area (Å²) in [4.78, 5) is 30.1. The molecule has 92 valence electrons. The summed E-state index contributed by atoms with van der Waals surface area (Å²) in [5.41, 5.74) is 0.960. The van der Waals surface area contributed by atoms with E-state index in [1.165, 1.54) is 16.2 Å². The number of amides is 2. The van der Waals surface area contributed by atoms with Crippen LogP contribution < -0.4 is 5.32 Å². The third-order valence-corrected chi connectivity index (χ3v) is 3.89. The Morgan fingerprint density at radius 3 is 2.65 bits per heavy atom. The average molecular weight is 253 g/mol. The quantitative estimate of drug-likeness (QED) is 0.825. The summed E-state index contributed by atoms with van der Waals surface area (Å²) in [6.07, 6.45) is 0.227. The van der Waals surface area contributed by atoms with Crippen molar-refractivity contribution in [2.75, 3.05) is 11.9 Å². The second-order valence-corrected chi connectivity index (χ2v) is 5.24. The molecule has 17 heavy (non-hydrogen) atoms. The van der Waals surface area contributed by atoms with Crippen molar-refractivity contribution >= 4 is 28.3 Å². The van der Waals surface area contributed by atoms with Gasteiger partial charge in [0.15, 0.2) is 5.13 Å². The van der Waals surface area contributed by atoms with Crippen LogP contribution in [0.15, 0.2) is 0 Å². The van der Waals surface area contributed by atoms with Gasteiger partial charge in [-0.25, -0.2) is 4.98 Å². The summed E-state index contributed by atoms with van der Waals surface area (Å²) >= 11 is 1.51. The molecule has 0 radical (unpaired) electrons. The minimum Gasteiger partial charge on any atom is -0.349 e. The summed E-state index contributed by atoms with van der Waals surface area (Å²) in [5, 5.41) is 3.75. The van der Waals surface area contributed by atoms with E-state index in [-0.39, 0.29) is 18.2 Å². The molecule has 5 nitrogen and oxygen atoms in total. The van der Waals surface area contributed by atoms with Gasteiger partial charge in [0.25, 0.3) is 5.91 Å². The number of hydrogen-bond acceptors (Lipinski definition) is 5. The van der Waals surface area contributed by atoms with E-state index in [2.05, 4.69) is 10.3 Å². The van der Waals surface area contributed by atoms with Crippen molar-refractivity contribution in [1.29, 1.82) is 0 Å². The first-order chi connectivity index (χ1) is 8.02. The topological polar surface area (TPSA) is 62.3 Å². The van der Waals surface area contributed by atoms with Gasteiger partial charge in [0.2, 0.25) is 5.91 Å². The van der Waals surface area contributed by atoms with Crippen molar-refractivity contribution in [3.05, 3.63) is 10.6 Å². The standard InChI is InChI=1S/C11H15N3O2S/c1-4-14-9(15)5-8(10(14)16)13-11-12-6(2)7(3)17-11/h8H,4-5H2,1-3H3,(H,12,13). The highest BCUT2D eigenvalue weighted by Crippen LogP contribution is 2.24. The lowest BCUT2D eigenvalue weighted by Gasteiger charge is -2.12. The second-order valence-electron chi connectivity index (χ2n) is 4.04. The molecule has 2 rings (SSSR count). The number of nitrogens with one attached hydrogen (secondary N) is 1. The number of likely N-dealkylation sites (tertiary alicyclic amines) is 1. The van der Waals surface area contributed by atoms with Crippen LogP contribution in [-0.2, 0) is 9.59 Å². The fraction of sp³-hybridized carbons (Fsp3) is 0.545. The van der Waals surface area contributed by atoms with Crippen LogP contribution in [0.25, 0.3) is 0 Å². The Bertz CT molecular complexity index is 450. The second kappa shape index (κ2) is 4.44. The van der Waals surface area contributed by atoms with Gasteiger partial charge in [-0.05, 0) is 20.8 Å². The third kappa shape index (κ3) is 2.17. The van der Waals surface area contributed by atoms with Gasteiger partial charge < -0.3 is 5.32 Å². The van der Waals surface area contributed by atoms with Gasteiger partial charge >= 0.3 is 0 Å². The van der Waals surface area contributed by atoms with E-state index >= 15 is 0 Å². The Morgan fingerprint density at radius 1 is 1.47 bits per heavy atom. The van der Waals surface area contributed by atoms with Crippen molar-refractivity contribution in [3.63, 3.8) is 0 Å². The number of rotatable bonds is 3. The summed E-state index contributed by atoms with van der Waals surface area (Å²) in [6, 6.07) is -0.451. The molecule has 1 unspecified atom stereocenters. The van der Waals surface area contributed by atoms with Gasteiger partial charge in [-0.2, -0.15) is 0 Å². The molecule has 1 aromatic rings. The van der Waals surface area contributed by atoms with Gasteiger partial charge in [0, 0.05) is 11.4 Å².